The first-order valence-corrected chi connectivity index (χ1v) is 9.62. The number of hydrogen-bond acceptors (Lipinski definition) is 5. The molecule has 3 aromatic rings. The van der Waals surface area contributed by atoms with Crippen molar-refractivity contribution in [1.82, 2.24) is 14.8 Å². The van der Waals surface area contributed by atoms with Gasteiger partial charge < -0.3 is 10.4 Å². The summed E-state index contributed by atoms with van der Waals surface area (Å²) in [5, 5.41) is 20.4. The molecular weight excluding hydrogens is 394 g/mol. The number of pyridine rings is 1. The minimum Gasteiger partial charge on any atom is -0.390 e. The molecule has 1 amide bonds. The van der Waals surface area contributed by atoms with E-state index in [0.717, 1.165) is 22.3 Å². The van der Waals surface area contributed by atoms with Crippen LogP contribution in [0.2, 0.25) is 0 Å². The summed E-state index contributed by atoms with van der Waals surface area (Å²) in [5.74, 6) is -0.274. The third kappa shape index (κ3) is 6.53. The molecular formula is C22H23N7O2. The largest absolute Gasteiger partial charge is 0.390 e. The topological polar surface area (TPSA) is 129 Å². The van der Waals surface area contributed by atoms with E-state index in [9.17, 15) is 9.90 Å². The summed E-state index contributed by atoms with van der Waals surface area (Å²) in [5.41, 5.74) is 11.7. The highest BCUT2D eigenvalue weighted by atomic mass is 16.3. The molecule has 0 atom stereocenters. The van der Waals surface area contributed by atoms with E-state index in [1.54, 1.807) is 56.8 Å². The van der Waals surface area contributed by atoms with Crippen LogP contribution in [0.3, 0.4) is 0 Å². The van der Waals surface area contributed by atoms with Crippen LogP contribution in [0.25, 0.3) is 27.6 Å². The molecule has 0 radical (unpaired) electrons. The summed E-state index contributed by atoms with van der Waals surface area (Å²) in [6.07, 6.45) is 10.4. The average molecular weight is 417 g/mol. The Morgan fingerprint density at radius 1 is 1.29 bits per heavy atom. The van der Waals surface area contributed by atoms with Crippen LogP contribution >= 0.6 is 0 Å². The van der Waals surface area contributed by atoms with E-state index >= 15 is 0 Å². The number of azide groups is 1. The van der Waals surface area contributed by atoms with Crippen molar-refractivity contribution < 1.29 is 9.90 Å². The summed E-state index contributed by atoms with van der Waals surface area (Å²) in [6, 6.07) is 9.20. The molecule has 9 nitrogen and oxygen atoms in total. The summed E-state index contributed by atoms with van der Waals surface area (Å²) < 4.78 is 1.53. The number of aliphatic hydroxyl groups is 1. The van der Waals surface area contributed by atoms with Crippen LogP contribution in [0.1, 0.15) is 25.0 Å². The number of aromatic nitrogens is 3. The zero-order chi connectivity index (χ0) is 22.3. The molecule has 2 N–H and O–H groups in total. The second kappa shape index (κ2) is 9.71. The maximum Gasteiger partial charge on any atom is 0.248 e. The number of nitrogens with one attached hydrogen (secondary N) is 1. The van der Waals surface area contributed by atoms with Gasteiger partial charge in [-0.15, -0.1) is 0 Å². The monoisotopic (exact) mass is 417 g/mol. The fraction of sp³-hybridized carbons (Fsp3) is 0.227. The van der Waals surface area contributed by atoms with Crippen LogP contribution in [-0.4, -0.2) is 31.4 Å². The maximum absolute atomic E-state index is 12.3. The van der Waals surface area contributed by atoms with Crippen LogP contribution < -0.4 is 5.32 Å². The van der Waals surface area contributed by atoms with Crippen molar-refractivity contribution in [2.75, 3.05) is 5.32 Å². The van der Waals surface area contributed by atoms with Gasteiger partial charge in [0, 0.05) is 52.8 Å². The highest BCUT2D eigenvalue weighted by Gasteiger charge is 2.13. The zero-order valence-electron chi connectivity index (χ0n) is 17.3. The number of carbonyl (C=O) groups is 1. The molecule has 0 saturated carbocycles. The SMILES string of the molecule is CC(C)(O)Cc1ccc(NC(=O)/C=C/c2cnccc2-c2cnn(CN=[N+]=[N-])c2)cc1. The van der Waals surface area contributed by atoms with Crippen molar-refractivity contribution in [3.8, 4) is 11.1 Å². The standard InChI is InChI=1S/C22H23N7O2/c1-22(2,31)11-16-3-6-19(7-4-16)27-21(30)8-5-17-12-24-10-9-20(17)18-13-26-29(14-18)15-25-28-23/h3-10,12-14,31H,11,15H2,1-2H3,(H,27,30)/b8-5+. The molecule has 2 heterocycles. The van der Waals surface area contributed by atoms with Crippen LogP contribution in [0.5, 0.6) is 0 Å². The Balaban J connectivity index is 1.68. The number of anilines is 1. The number of rotatable bonds is 8. The predicted molar refractivity (Wildman–Crippen MR) is 119 cm³/mol. The Kier molecular flexibility index (Phi) is 6.81. The van der Waals surface area contributed by atoms with Crippen molar-refractivity contribution in [3.63, 3.8) is 0 Å². The van der Waals surface area contributed by atoms with E-state index in [4.69, 9.17) is 5.53 Å². The van der Waals surface area contributed by atoms with Crippen molar-refractivity contribution >= 4 is 17.7 Å². The second-order valence-corrected chi connectivity index (χ2v) is 7.61. The van der Waals surface area contributed by atoms with Gasteiger partial charge in [-0.3, -0.25) is 14.5 Å². The number of nitrogens with zero attached hydrogens (tertiary/aromatic N) is 6. The van der Waals surface area contributed by atoms with Crippen molar-refractivity contribution in [2.24, 2.45) is 5.11 Å². The van der Waals surface area contributed by atoms with Gasteiger partial charge in [-0.05, 0) is 54.8 Å². The first-order valence-electron chi connectivity index (χ1n) is 9.62. The Labute approximate surface area is 179 Å². The second-order valence-electron chi connectivity index (χ2n) is 7.61. The van der Waals surface area contributed by atoms with E-state index in [2.05, 4.69) is 25.4 Å². The summed E-state index contributed by atoms with van der Waals surface area (Å²) >= 11 is 0. The fourth-order valence-corrected chi connectivity index (χ4v) is 3.03. The van der Waals surface area contributed by atoms with Gasteiger partial charge in [0.15, 0.2) is 0 Å². The third-order valence-corrected chi connectivity index (χ3v) is 4.34. The van der Waals surface area contributed by atoms with Crippen LogP contribution in [0.4, 0.5) is 5.69 Å². The predicted octanol–water partition coefficient (Wildman–Crippen LogP) is 4.18. The first-order chi connectivity index (χ1) is 14.8. The zero-order valence-corrected chi connectivity index (χ0v) is 17.3. The molecule has 0 fully saturated rings. The lowest BCUT2D eigenvalue weighted by Gasteiger charge is -2.17. The molecule has 0 saturated heterocycles. The van der Waals surface area contributed by atoms with Crippen molar-refractivity contribution in [2.45, 2.75) is 32.5 Å². The lowest BCUT2D eigenvalue weighted by molar-refractivity contribution is -0.111. The molecule has 0 aliphatic heterocycles. The third-order valence-electron chi connectivity index (χ3n) is 4.34. The summed E-state index contributed by atoms with van der Waals surface area (Å²) in [6.45, 7) is 3.61. The summed E-state index contributed by atoms with van der Waals surface area (Å²) in [7, 11) is 0. The van der Waals surface area contributed by atoms with E-state index in [1.165, 1.54) is 10.8 Å². The van der Waals surface area contributed by atoms with Crippen LogP contribution in [0, 0.1) is 0 Å². The molecule has 158 valence electrons. The average Bonchev–Trinajstić information content (AvgIpc) is 3.20. The Morgan fingerprint density at radius 3 is 2.77 bits per heavy atom. The van der Waals surface area contributed by atoms with E-state index in [1.807, 2.05) is 18.2 Å². The number of carbonyl (C=O) groups excluding carboxylic acids is 1. The quantitative estimate of drug-likeness (QED) is 0.246. The van der Waals surface area contributed by atoms with Gasteiger partial charge in [-0.1, -0.05) is 17.2 Å². The van der Waals surface area contributed by atoms with Gasteiger partial charge in [0.1, 0.15) is 6.67 Å². The molecule has 3 rings (SSSR count). The molecule has 0 spiro atoms. The smallest absolute Gasteiger partial charge is 0.248 e. The Morgan fingerprint density at radius 2 is 2.06 bits per heavy atom. The Hall–Kier alpha value is -3.94. The van der Waals surface area contributed by atoms with Gasteiger partial charge in [0.2, 0.25) is 5.91 Å². The van der Waals surface area contributed by atoms with Gasteiger partial charge in [-0.2, -0.15) is 5.10 Å². The van der Waals surface area contributed by atoms with Crippen LogP contribution in [0.15, 0.2) is 66.3 Å². The normalized spacial score (nSPS) is 11.3. The molecule has 0 unspecified atom stereocenters. The van der Waals surface area contributed by atoms with Crippen LogP contribution in [-0.2, 0) is 17.9 Å². The van der Waals surface area contributed by atoms with Gasteiger partial charge in [-0.25, -0.2) is 0 Å². The fourth-order valence-electron chi connectivity index (χ4n) is 3.03. The first kappa shape index (κ1) is 21.8. The molecule has 0 bridgehead atoms. The van der Waals surface area contributed by atoms with E-state index in [0.29, 0.717) is 12.1 Å². The lowest BCUT2D eigenvalue weighted by atomic mass is 9.99. The summed E-state index contributed by atoms with van der Waals surface area (Å²) in [4.78, 5) is 19.2. The van der Waals surface area contributed by atoms with E-state index in [-0.39, 0.29) is 12.6 Å². The minimum absolute atomic E-state index is 0.101. The number of benzene rings is 1. The minimum atomic E-state index is -0.783. The van der Waals surface area contributed by atoms with E-state index < -0.39 is 5.60 Å². The van der Waals surface area contributed by atoms with Crippen molar-refractivity contribution in [3.05, 3.63) is 82.8 Å². The molecule has 0 aliphatic rings. The number of hydrogen-bond donors (Lipinski definition) is 2. The molecule has 1 aromatic carbocycles. The molecule has 2 aromatic heterocycles. The maximum atomic E-state index is 12.3. The Bertz CT molecular complexity index is 1120. The number of amides is 1. The van der Waals surface area contributed by atoms with Gasteiger partial charge in [0.25, 0.3) is 0 Å². The molecule has 0 aliphatic carbocycles. The van der Waals surface area contributed by atoms with Gasteiger partial charge in [0.05, 0.1) is 11.8 Å². The molecule has 31 heavy (non-hydrogen) atoms. The molecule has 9 heteroatoms. The lowest BCUT2D eigenvalue weighted by Crippen LogP contribution is -2.21. The highest BCUT2D eigenvalue weighted by molar-refractivity contribution is 6.02. The van der Waals surface area contributed by atoms with Crippen molar-refractivity contribution in [1.29, 1.82) is 0 Å². The highest BCUT2D eigenvalue weighted by Crippen LogP contribution is 2.23. The van der Waals surface area contributed by atoms with Gasteiger partial charge >= 0.3 is 0 Å².